The summed E-state index contributed by atoms with van der Waals surface area (Å²) in [5.74, 6) is 1.88. The molecule has 0 bridgehead atoms. The molecule has 1 fully saturated rings. The van der Waals surface area contributed by atoms with E-state index < -0.39 is 0 Å². The quantitative estimate of drug-likeness (QED) is 0.191. The fourth-order valence-electron chi connectivity index (χ4n) is 8.67. The number of anilines is 3. The molecule has 5 heteroatoms. The minimum absolute atomic E-state index is 0.0221. The molecule has 1 saturated carbocycles. The predicted octanol–water partition coefficient (Wildman–Crippen LogP) is 11.3. The zero-order valence-electron chi connectivity index (χ0n) is 27.7. The van der Waals surface area contributed by atoms with E-state index in [-0.39, 0.29) is 5.41 Å². The van der Waals surface area contributed by atoms with Crippen molar-refractivity contribution >= 4 is 38.9 Å². The van der Waals surface area contributed by atoms with Gasteiger partial charge in [0.2, 0.25) is 5.95 Å². The Kier molecular flexibility index (Phi) is 6.66. The molecule has 6 aromatic carbocycles. The number of nitrogens with zero attached hydrogens (tertiary/aromatic N) is 5. The van der Waals surface area contributed by atoms with Crippen molar-refractivity contribution in [2.75, 3.05) is 4.90 Å². The van der Waals surface area contributed by atoms with E-state index in [2.05, 4.69) is 143 Å². The van der Waals surface area contributed by atoms with Crippen LogP contribution in [-0.2, 0) is 5.41 Å². The highest BCUT2D eigenvalue weighted by atomic mass is 15.2. The molecule has 5 nitrogen and oxygen atoms in total. The van der Waals surface area contributed by atoms with Gasteiger partial charge in [0.1, 0.15) is 0 Å². The van der Waals surface area contributed by atoms with E-state index in [9.17, 15) is 0 Å². The Balaban J connectivity index is 1.23. The highest BCUT2D eigenvalue weighted by molar-refractivity contribution is 6.09. The largest absolute Gasteiger partial charge is 0.309 e. The van der Waals surface area contributed by atoms with E-state index in [0.717, 1.165) is 27.8 Å². The molecule has 1 aliphatic carbocycles. The normalized spacial score (nSPS) is 14.9. The van der Waals surface area contributed by atoms with Crippen LogP contribution in [0.5, 0.6) is 0 Å². The number of fused-ring (bicyclic) bond motifs is 7. The number of rotatable bonds is 4. The number of hydrogen-bond acceptors (Lipinski definition) is 4. The van der Waals surface area contributed by atoms with Crippen molar-refractivity contribution in [2.45, 2.75) is 37.5 Å². The lowest BCUT2D eigenvalue weighted by atomic mass is 9.62. The van der Waals surface area contributed by atoms with Crippen LogP contribution in [0, 0.1) is 0 Å². The van der Waals surface area contributed by atoms with Crippen LogP contribution >= 0.6 is 0 Å². The van der Waals surface area contributed by atoms with Gasteiger partial charge in [0.05, 0.1) is 28.1 Å². The van der Waals surface area contributed by atoms with E-state index in [1.807, 2.05) is 18.2 Å². The molecule has 0 amide bonds. The SMILES string of the molecule is c1ccc(-c2nc(-c3ccccc3N3c4ccccc4C4(CCCCC4)c4ccccc43)nc(-n3c4ccccc4c4ccccc43)n2)cc1. The van der Waals surface area contributed by atoms with Gasteiger partial charge in [-0.3, -0.25) is 4.57 Å². The molecule has 2 aliphatic rings. The van der Waals surface area contributed by atoms with Gasteiger partial charge in [-0.25, -0.2) is 4.98 Å². The minimum Gasteiger partial charge on any atom is -0.309 e. The first-order valence-corrected chi connectivity index (χ1v) is 17.7. The standard InChI is InChI=1S/C45H35N5/c1-3-17-31(18-4-1)42-46-43(48-44(47-42)50-37-24-10-5-19-32(37)33-20-6-11-25-38(33)50)34-21-7-12-26-39(34)49-40-27-13-8-22-35(40)45(29-15-2-16-30-45)36-23-9-14-28-41(36)49/h1,3-14,17-28H,2,15-16,29-30H2. The van der Waals surface area contributed by atoms with E-state index in [0.29, 0.717) is 17.6 Å². The maximum absolute atomic E-state index is 5.34. The van der Waals surface area contributed by atoms with Gasteiger partial charge in [0, 0.05) is 27.3 Å². The molecule has 8 aromatic rings. The van der Waals surface area contributed by atoms with Crippen molar-refractivity contribution in [1.82, 2.24) is 19.5 Å². The molecule has 50 heavy (non-hydrogen) atoms. The molecule has 0 N–H and O–H groups in total. The van der Waals surface area contributed by atoms with Crippen LogP contribution in [0.25, 0.3) is 50.5 Å². The zero-order valence-corrected chi connectivity index (χ0v) is 27.7. The van der Waals surface area contributed by atoms with Gasteiger partial charge in [-0.1, -0.05) is 135 Å². The number of benzene rings is 6. The molecule has 0 unspecified atom stereocenters. The summed E-state index contributed by atoms with van der Waals surface area (Å²) in [5.41, 5.74) is 10.4. The summed E-state index contributed by atoms with van der Waals surface area (Å²) in [4.78, 5) is 18.2. The zero-order chi connectivity index (χ0) is 33.1. The van der Waals surface area contributed by atoms with Gasteiger partial charge in [-0.05, 0) is 60.4 Å². The molecular formula is C45H35N5. The molecule has 0 radical (unpaired) electrons. The summed E-state index contributed by atoms with van der Waals surface area (Å²) in [6.07, 6.45) is 6.14. The second kappa shape index (κ2) is 11.5. The van der Waals surface area contributed by atoms with Gasteiger partial charge >= 0.3 is 0 Å². The maximum Gasteiger partial charge on any atom is 0.238 e. The third-order valence-electron chi connectivity index (χ3n) is 10.8. The molecule has 10 rings (SSSR count). The summed E-state index contributed by atoms with van der Waals surface area (Å²) in [7, 11) is 0. The lowest BCUT2D eigenvalue weighted by molar-refractivity contribution is 0.344. The second-order valence-corrected chi connectivity index (χ2v) is 13.5. The molecule has 1 aliphatic heterocycles. The lowest BCUT2D eigenvalue weighted by Gasteiger charge is -2.47. The van der Waals surface area contributed by atoms with E-state index in [1.165, 1.54) is 65.4 Å². The van der Waals surface area contributed by atoms with Gasteiger partial charge in [0.25, 0.3) is 0 Å². The van der Waals surface area contributed by atoms with Gasteiger partial charge in [0.15, 0.2) is 11.6 Å². The average molecular weight is 646 g/mol. The van der Waals surface area contributed by atoms with Crippen molar-refractivity contribution in [1.29, 1.82) is 0 Å². The molecule has 0 atom stereocenters. The first-order valence-electron chi connectivity index (χ1n) is 17.7. The lowest BCUT2D eigenvalue weighted by Crippen LogP contribution is -2.37. The third-order valence-corrected chi connectivity index (χ3v) is 10.8. The van der Waals surface area contributed by atoms with Crippen molar-refractivity contribution in [3.8, 4) is 28.7 Å². The molecule has 240 valence electrons. The monoisotopic (exact) mass is 645 g/mol. The Bertz CT molecular complexity index is 2440. The third kappa shape index (κ3) is 4.36. The van der Waals surface area contributed by atoms with Crippen molar-refractivity contribution in [3.05, 3.63) is 163 Å². The summed E-state index contributed by atoms with van der Waals surface area (Å²) < 4.78 is 2.18. The topological polar surface area (TPSA) is 46.8 Å². The number of para-hydroxylation sites is 5. The summed E-state index contributed by atoms with van der Waals surface area (Å²) in [6, 6.07) is 53.9. The van der Waals surface area contributed by atoms with Crippen LogP contribution in [0.3, 0.4) is 0 Å². The predicted molar refractivity (Wildman–Crippen MR) is 204 cm³/mol. The molecule has 0 saturated heterocycles. The smallest absolute Gasteiger partial charge is 0.238 e. The second-order valence-electron chi connectivity index (χ2n) is 13.5. The van der Waals surface area contributed by atoms with Crippen LogP contribution in [0.2, 0.25) is 0 Å². The maximum atomic E-state index is 5.34. The fourth-order valence-corrected chi connectivity index (χ4v) is 8.67. The van der Waals surface area contributed by atoms with Gasteiger partial charge in [-0.2, -0.15) is 9.97 Å². The summed E-state index contributed by atoms with van der Waals surface area (Å²) in [5, 5.41) is 2.34. The highest BCUT2D eigenvalue weighted by Gasteiger charge is 2.44. The number of hydrogen-bond donors (Lipinski definition) is 0. The first kappa shape index (κ1) is 28.9. The Labute approximate surface area is 291 Å². The summed E-state index contributed by atoms with van der Waals surface area (Å²) in [6.45, 7) is 0. The molecule has 1 spiro atoms. The van der Waals surface area contributed by atoms with Crippen LogP contribution in [0.4, 0.5) is 17.1 Å². The van der Waals surface area contributed by atoms with Gasteiger partial charge < -0.3 is 4.90 Å². The molecular weight excluding hydrogens is 611 g/mol. The van der Waals surface area contributed by atoms with Crippen LogP contribution in [0.15, 0.2) is 152 Å². The van der Waals surface area contributed by atoms with Crippen molar-refractivity contribution in [2.24, 2.45) is 0 Å². The Morgan fingerprint density at radius 1 is 0.440 bits per heavy atom. The van der Waals surface area contributed by atoms with E-state index in [1.54, 1.807) is 0 Å². The van der Waals surface area contributed by atoms with Crippen molar-refractivity contribution in [3.63, 3.8) is 0 Å². The fraction of sp³-hybridized carbons (Fsp3) is 0.133. The number of aromatic nitrogens is 4. The molecule has 3 heterocycles. The van der Waals surface area contributed by atoms with Crippen molar-refractivity contribution < 1.29 is 0 Å². The van der Waals surface area contributed by atoms with E-state index >= 15 is 0 Å². The minimum atomic E-state index is 0.0221. The highest BCUT2D eigenvalue weighted by Crippen LogP contribution is 2.58. The summed E-state index contributed by atoms with van der Waals surface area (Å²) >= 11 is 0. The Morgan fingerprint density at radius 2 is 0.960 bits per heavy atom. The molecule has 2 aromatic heterocycles. The average Bonchev–Trinajstić information content (AvgIpc) is 3.53. The van der Waals surface area contributed by atoms with E-state index in [4.69, 9.17) is 15.0 Å². The van der Waals surface area contributed by atoms with Gasteiger partial charge in [-0.15, -0.1) is 0 Å². The Hall–Kier alpha value is -6.07. The first-order chi connectivity index (χ1) is 24.8. The Morgan fingerprint density at radius 3 is 1.62 bits per heavy atom. The van der Waals surface area contributed by atoms with Crippen LogP contribution < -0.4 is 4.90 Å². The van der Waals surface area contributed by atoms with Crippen LogP contribution in [-0.4, -0.2) is 19.5 Å². The van der Waals surface area contributed by atoms with Crippen LogP contribution in [0.1, 0.15) is 43.2 Å².